The first-order valence-electron chi connectivity index (χ1n) is 4.21. The molecule has 0 aliphatic carbocycles. The van der Waals surface area contributed by atoms with Crippen molar-refractivity contribution in [2.24, 2.45) is 5.73 Å². The number of nitro benzene ring substituents is 1. The quantitative estimate of drug-likeness (QED) is 0.336. The average molecular weight is 209 g/mol. The van der Waals surface area contributed by atoms with Gasteiger partial charge in [0.1, 0.15) is 12.4 Å². The molecule has 3 N–H and O–H groups in total. The molecule has 0 unspecified atom stereocenters. The SMILES string of the molecule is Cc1ccc([N+](=O)[O-])c(OCC(=N)N)c1. The summed E-state index contributed by atoms with van der Waals surface area (Å²) >= 11 is 0. The normalized spacial score (nSPS) is 9.67. The third-order valence-corrected chi connectivity index (χ3v) is 1.70. The first kappa shape index (κ1) is 11.0. The van der Waals surface area contributed by atoms with E-state index in [4.69, 9.17) is 15.9 Å². The highest BCUT2D eigenvalue weighted by Crippen LogP contribution is 2.27. The van der Waals surface area contributed by atoms with E-state index in [-0.39, 0.29) is 23.9 Å². The molecule has 0 spiro atoms. The molecule has 0 saturated heterocycles. The molecule has 1 aromatic carbocycles. The third-order valence-electron chi connectivity index (χ3n) is 1.70. The topological polar surface area (TPSA) is 102 Å². The molecule has 15 heavy (non-hydrogen) atoms. The monoisotopic (exact) mass is 209 g/mol. The molecular weight excluding hydrogens is 198 g/mol. The van der Waals surface area contributed by atoms with E-state index in [0.717, 1.165) is 5.56 Å². The second-order valence-corrected chi connectivity index (χ2v) is 3.04. The number of nitrogens with two attached hydrogens (primary N) is 1. The van der Waals surface area contributed by atoms with Crippen molar-refractivity contribution in [3.8, 4) is 5.75 Å². The lowest BCUT2D eigenvalue weighted by Crippen LogP contribution is -2.19. The van der Waals surface area contributed by atoms with Crippen LogP contribution in [0.2, 0.25) is 0 Å². The van der Waals surface area contributed by atoms with Gasteiger partial charge in [-0.15, -0.1) is 0 Å². The zero-order chi connectivity index (χ0) is 11.4. The molecular formula is C9H11N3O3. The summed E-state index contributed by atoms with van der Waals surface area (Å²) in [6.07, 6.45) is 0. The maximum absolute atomic E-state index is 10.6. The molecule has 6 heteroatoms. The molecule has 0 aromatic heterocycles. The van der Waals surface area contributed by atoms with Crippen molar-refractivity contribution >= 4 is 11.5 Å². The van der Waals surface area contributed by atoms with Crippen molar-refractivity contribution in [2.45, 2.75) is 6.92 Å². The molecule has 6 nitrogen and oxygen atoms in total. The van der Waals surface area contributed by atoms with Gasteiger partial charge in [0.05, 0.1) is 4.92 Å². The summed E-state index contributed by atoms with van der Waals surface area (Å²) in [5, 5.41) is 17.6. The van der Waals surface area contributed by atoms with Gasteiger partial charge in [0, 0.05) is 6.07 Å². The summed E-state index contributed by atoms with van der Waals surface area (Å²) < 4.78 is 5.05. The smallest absolute Gasteiger partial charge is 0.310 e. The van der Waals surface area contributed by atoms with Crippen LogP contribution < -0.4 is 10.5 Å². The Kier molecular flexibility index (Phi) is 3.22. The van der Waals surface area contributed by atoms with E-state index in [1.165, 1.54) is 6.07 Å². The molecule has 0 bridgehead atoms. The van der Waals surface area contributed by atoms with E-state index >= 15 is 0 Å². The van der Waals surface area contributed by atoms with Gasteiger partial charge in [-0.1, -0.05) is 6.07 Å². The van der Waals surface area contributed by atoms with Gasteiger partial charge in [0.2, 0.25) is 0 Å². The molecule has 1 aromatic rings. The van der Waals surface area contributed by atoms with Crippen LogP contribution in [0.3, 0.4) is 0 Å². The number of ether oxygens (including phenoxy) is 1. The summed E-state index contributed by atoms with van der Waals surface area (Å²) in [5.74, 6) is -0.0407. The second-order valence-electron chi connectivity index (χ2n) is 3.04. The van der Waals surface area contributed by atoms with Crippen molar-refractivity contribution in [1.29, 1.82) is 5.41 Å². The van der Waals surface area contributed by atoms with E-state index in [1.54, 1.807) is 19.1 Å². The van der Waals surface area contributed by atoms with Gasteiger partial charge in [-0.25, -0.2) is 0 Å². The number of nitrogens with one attached hydrogen (secondary N) is 1. The van der Waals surface area contributed by atoms with Crippen LogP contribution in [-0.2, 0) is 0 Å². The van der Waals surface area contributed by atoms with Crippen molar-refractivity contribution < 1.29 is 9.66 Å². The van der Waals surface area contributed by atoms with Crippen molar-refractivity contribution in [2.75, 3.05) is 6.61 Å². The highest BCUT2D eigenvalue weighted by molar-refractivity contribution is 5.78. The number of rotatable bonds is 4. The van der Waals surface area contributed by atoms with E-state index in [0.29, 0.717) is 0 Å². The lowest BCUT2D eigenvalue weighted by molar-refractivity contribution is -0.385. The van der Waals surface area contributed by atoms with Gasteiger partial charge in [0.15, 0.2) is 5.75 Å². The van der Waals surface area contributed by atoms with Crippen LogP contribution in [0, 0.1) is 22.4 Å². The Morgan fingerprint density at radius 2 is 2.33 bits per heavy atom. The van der Waals surface area contributed by atoms with E-state index in [1.807, 2.05) is 0 Å². The molecule has 80 valence electrons. The van der Waals surface area contributed by atoms with Gasteiger partial charge in [-0.3, -0.25) is 15.5 Å². The number of benzene rings is 1. The molecule has 0 aliphatic heterocycles. The molecule has 0 aliphatic rings. The first-order valence-corrected chi connectivity index (χ1v) is 4.21. The van der Waals surface area contributed by atoms with Crippen LogP contribution in [0.25, 0.3) is 0 Å². The molecule has 0 heterocycles. The van der Waals surface area contributed by atoms with E-state index in [2.05, 4.69) is 0 Å². The van der Waals surface area contributed by atoms with Gasteiger partial charge >= 0.3 is 5.69 Å². The van der Waals surface area contributed by atoms with Gasteiger partial charge in [-0.2, -0.15) is 0 Å². The molecule has 0 saturated carbocycles. The number of aryl methyl sites for hydroxylation is 1. The maximum atomic E-state index is 10.6. The Morgan fingerprint density at radius 3 is 2.87 bits per heavy atom. The largest absolute Gasteiger partial charge is 0.479 e. The molecule has 0 amide bonds. The fraction of sp³-hybridized carbons (Fsp3) is 0.222. The molecule has 0 fully saturated rings. The minimum atomic E-state index is -0.533. The van der Waals surface area contributed by atoms with Crippen LogP contribution in [0.1, 0.15) is 5.56 Å². The number of amidine groups is 1. The average Bonchev–Trinajstić information content (AvgIpc) is 2.14. The zero-order valence-corrected chi connectivity index (χ0v) is 8.19. The Bertz CT molecular complexity index is 404. The highest BCUT2D eigenvalue weighted by Gasteiger charge is 2.14. The lowest BCUT2D eigenvalue weighted by atomic mass is 10.2. The standard InChI is InChI=1S/C9H11N3O3/c1-6-2-3-7(12(13)14)8(4-6)15-5-9(10)11/h2-4H,5H2,1H3,(H3,10,11). The van der Waals surface area contributed by atoms with Crippen molar-refractivity contribution in [1.82, 2.24) is 0 Å². The lowest BCUT2D eigenvalue weighted by Gasteiger charge is -2.06. The number of nitrogens with zero attached hydrogens (tertiary/aromatic N) is 1. The predicted octanol–water partition coefficient (Wildman–Crippen LogP) is 1.22. The summed E-state index contributed by atoms with van der Waals surface area (Å²) in [6, 6.07) is 4.53. The van der Waals surface area contributed by atoms with Crippen LogP contribution in [0.5, 0.6) is 5.75 Å². The van der Waals surface area contributed by atoms with Crippen molar-refractivity contribution in [3.63, 3.8) is 0 Å². The minimum Gasteiger partial charge on any atom is -0.479 e. The van der Waals surface area contributed by atoms with Gasteiger partial charge < -0.3 is 10.5 Å². The van der Waals surface area contributed by atoms with Crippen LogP contribution in [0.4, 0.5) is 5.69 Å². The molecule has 0 atom stereocenters. The molecule has 0 radical (unpaired) electrons. The molecule has 1 rings (SSSR count). The Morgan fingerprint density at radius 1 is 1.67 bits per heavy atom. The first-order chi connectivity index (χ1) is 7.00. The number of nitro groups is 1. The zero-order valence-electron chi connectivity index (χ0n) is 8.19. The van der Waals surface area contributed by atoms with Gasteiger partial charge in [-0.05, 0) is 18.6 Å². The van der Waals surface area contributed by atoms with Crippen molar-refractivity contribution in [3.05, 3.63) is 33.9 Å². The fourth-order valence-corrected chi connectivity index (χ4v) is 1.04. The summed E-state index contributed by atoms with van der Waals surface area (Å²) in [5.41, 5.74) is 5.82. The summed E-state index contributed by atoms with van der Waals surface area (Å²) in [6.45, 7) is 1.65. The maximum Gasteiger partial charge on any atom is 0.310 e. The fourth-order valence-electron chi connectivity index (χ4n) is 1.04. The van der Waals surface area contributed by atoms with Crippen LogP contribution >= 0.6 is 0 Å². The Labute approximate surface area is 86.3 Å². The Balaban J connectivity index is 2.96. The summed E-state index contributed by atoms with van der Waals surface area (Å²) in [7, 11) is 0. The Hall–Kier alpha value is -2.11. The van der Waals surface area contributed by atoms with E-state index in [9.17, 15) is 10.1 Å². The highest BCUT2D eigenvalue weighted by atomic mass is 16.6. The van der Waals surface area contributed by atoms with Crippen LogP contribution in [0.15, 0.2) is 18.2 Å². The minimum absolute atomic E-state index is 0.123. The third kappa shape index (κ3) is 2.94. The predicted molar refractivity (Wildman–Crippen MR) is 55.2 cm³/mol. The van der Waals surface area contributed by atoms with Crippen LogP contribution in [-0.4, -0.2) is 17.4 Å². The number of hydrogen-bond donors (Lipinski definition) is 2. The summed E-state index contributed by atoms with van der Waals surface area (Å²) in [4.78, 5) is 10.1. The van der Waals surface area contributed by atoms with E-state index < -0.39 is 4.92 Å². The second kappa shape index (κ2) is 4.41. The number of hydrogen-bond acceptors (Lipinski definition) is 4. The van der Waals surface area contributed by atoms with Gasteiger partial charge in [0.25, 0.3) is 0 Å².